The average Bonchev–Trinajstić information content (AvgIpc) is 2.75. The number of nitrogens with one attached hydrogen (secondary N) is 1. The highest BCUT2D eigenvalue weighted by Crippen LogP contribution is 2.21. The highest BCUT2D eigenvalue weighted by atomic mass is 79.9. The molecule has 2 aromatic rings. The molecule has 0 atom stereocenters. The molecule has 0 aliphatic carbocycles. The van der Waals surface area contributed by atoms with Crippen LogP contribution in [0.5, 0.6) is 0 Å². The zero-order valence-corrected chi connectivity index (χ0v) is 13.2. The maximum Gasteiger partial charge on any atom is 0.253 e. The molecule has 0 saturated carbocycles. The van der Waals surface area contributed by atoms with Crippen molar-refractivity contribution in [3.8, 4) is 0 Å². The number of hydrogen-bond donors (Lipinski definition) is 2. The van der Waals surface area contributed by atoms with Gasteiger partial charge in [0.1, 0.15) is 0 Å². The fourth-order valence-electron chi connectivity index (χ4n) is 1.43. The summed E-state index contributed by atoms with van der Waals surface area (Å²) in [5.74, 6) is -0.168. The zero-order valence-electron chi connectivity index (χ0n) is 9.24. The molecule has 2 rings (SSSR count). The maximum absolute atomic E-state index is 12.0. The lowest BCUT2D eigenvalue weighted by Gasteiger charge is -2.07. The van der Waals surface area contributed by atoms with Crippen LogP contribution in [0.4, 0.5) is 5.69 Å². The van der Waals surface area contributed by atoms with Crippen molar-refractivity contribution < 1.29 is 4.79 Å². The van der Waals surface area contributed by atoms with Crippen molar-refractivity contribution in [2.24, 2.45) is 0 Å². The summed E-state index contributed by atoms with van der Waals surface area (Å²) < 4.78 is 1.86. The number of benzene rings is 1. The Labute approximate surface area is 126 Å². The Kier molecular flexibility index (Phi) is 4.42. The summed E-state index contributed by atoms with van der Waals surface area (Å²) in [6.45, 7) is 0.501. The Morgan fingerprint density at radius 3 is 2.72 bits per heavy atom. The number of carbonyl (C=O) groups excluding carboxylic acids is 1. The second-order valence-corrected chi connectivity index (χ2v) is 6.47. The highest BCUT2D eigenvalue weighted by molar-refractivity contribution is 9.10. The standard InChI is InChI=1S/C12H10Br2N2OS/c13-7-1-2-11(15)10(4-7)12(17)16-5-9-3-8(14)6-18-9/h1-4,6H,5,15H2,(H,16,17). The van der Waals surface area contributed by atoms with Crippen LogP contribution >= 0.6 is 43.2 Å². The molecule has 6 heteroatoms. The zero-order chi connectivity index (χ0) is 13.1. The quantitative estimate of drug-likeness (QED) is 0.784. The van der Waals surface area contributed by atoms with Crippen LogP contribution in [0.25, 0.3) is 0 Å². The number of anilines is 1. The van der Waals surface area contributed by atoms with Crippen LogP contribution in [0.1, 0.15) is 15.2 Å². The molecule has 1 aromatic carbocycles. The third-order valence-electron chi connectivity index (χ3n) is 2.30. The maximum atomic E-state index is 12.0. The Morgan fingerprint density at radius 2 is 2.06 bits per heavy atom. The largest absolute Gasteiger partial charge is 0.398 e. The van der Waals surface area contributed by atoms with Gasteiger partial charge >= 0.3 is 0 Å². The first-order valence-electron chi connectivity index (χ1n) is 5.12. The van der Waals surface area contributed by atoms with Crippen LogP contribution in [-0.2, 0) is 6.54 Å². The normalized spacial score (nSPS) is 10.3. The fourth-order valence-corrected chi connectivity index (χ4v) is 3.19. The molecule has 0 spiro atoms. The molecule has 0 unspecified atom stereocenters. The van der Waals surface area contributed by atoms with Gasteiger partial charge in [0.15, 0.2) is 0 Å². The molecule has 1 amide bonds. The van der Waals surface area contributed by atoms with E-state index < -0.39 is 0 Å². The molecule has 1 heterocycles. The van der Waals surface area contributed by atoms with Crippen LogP contribution in [0, 0.1) is 0 Å². The minimum Gasteiger partial charge on any atom is -0.398 e. The number of halogens is 2. The van der Waals surface area contributed by atoms with Crippen molar-refractivity contribution in [1.29, 1.82) is 0 Å². The molecule has 1 aromatic heterocycles. The van der Waals surface area contributed by atoms with Gasteiger partial charge in [-0.15, -0.1) is 11.3 Å². The van der Waals surface area contributed by atoms with E-state index in [0.29, 0.717) is 17.8 Å². The second-order valence-electron chi connectivity index (χ2n) is 3.65. The molecule has 3 N–H and O–H groups in total. The molecule has 0 bridgehead atoms. The Morgan fingerprint density at radius 1 is 1.28 bits per heavy atom. The van der Waals surface area contributed by atoms with Crippen molar-refractivity contribution in [2.75, 3.05) is 5.73 Å². The lowest BCUT2D eigenvalue weighted by atomic mass is 10.1. The van der Waals surface area contributed by atoms with E-state index in [4.69, 9.17) is 5.73 Å². The molecule has 3 nitrogen and oxygen atoms in total. The van der Waals surface area contributed by atoms with Gasteiger partial charge in [0.25, 0.3) is 5.91 Å². The Hall–Kier alpha value is -0.850. The molecular formula is C12H10Br2N2OS. The molecular weight excluding hydrogens is 380 g/mol. The van der Waals surface area contributed by atoms with Crippen LogP contribution in [-0.4, -0.2) is 5.91 Å². The third kappa shape index (κ3) is 3.34. The van der Waals surface area contributed by atoms with Crippen LogP contribution in [0.3, 0.4) is 0 Å². The van der Waals surface area contributed by atoms with Crippen LogP contribution in [0.2, 0.25) is 0 Å². The van der Waals surface area contributed by atoms with Crippen molar-refractivity contribution in [2.45, 2.75) is 6.54 Å². The van der Waals surface area contributed by atoms with E-state index in [2.05, 4.69) is 37.2 Å². The van der Waals surface area contributed by atoms with Gasteiger partial charge < -0.3 is 11.1 Å². The van der Waals surface area contributed by atoms with Gasteiger partial charge in [-0.05, 0) is 40.2 Å². The number of hydrogen-bond acceptors (Lipinski definition) is 3. The first kappa shape index (κ1) is 13.6. The van der Waals surface area contributed by atoms with Crippen molar-refractivity contribution in [3.63, 3.8) is 0 Å². The van der Waals surface area contributed by atoms with E-state index in [1.807, 2.05) is 17.5 Å². The monoisotopic (exact) mass is 388 g/mol. The average molecular weight is 390 g/mol. The van der Waals surface area contributed by atoms with E-state index in [0.717, 1.165) is 13.8 Å². The number of nitrogen functional groups attached to an aromatic ring is 1. The number of rotatable bonds is 3. The summed E-state index contributed by atoms with van der Waals surface area (Å²) in [5.41, 5.74) is 6.74. The molecule has 0 aliphatic heterocycles. The molecule has 18 heavy (non-hydrogen) atoms. The number of nitrogens with two attached hydrogens (primary N) is 1. The van der Waals surface area contributed by atoms with Crippen LogP contribution < -0.4 is 11.1 Å². The van der Waals surface area contributed by atoms with Gasteiger partial charge in [-0.2, -0.15) is 0 Å². The second kappa shape index (κ2) is 5.86. The van der Waals surface area contributed by atoms with E-state index in [9.17, 15) is 4.79 Å². The van der Waals surface area contributed by atoms with Crippen molar-refractivity contribution in [1.82, 2.24) is 5.32 Å². The van der Waals surface area contributed by atoms with Crippen molar-refractivity contribution >= 4 is 54.8 Å². The molecule has 0 aliphatic rings. The van der Waals surface area contributed by atoms with Gasteiger partial charge in [-0.1, -0.05) is 15.9 Å². The number of carbonyl (C=O) groups is 1. The van der Waals surface area contributed by atoms with Gasteiger partial charge in [-0.25, -0.2) is 0 Å². The lowest BCUT2D eigenvalue weighted by Crippen LogP contribution is -2.23. The van der Waals surface area contributed by atoms with Gasteiger partial charge in [-0.3, -0.25) is 4.79 Å². The predicted molar refractivity (Wildman–Crippen MR) is 81.7 cm³/mol. The molecule has 0 saturated heterocycles. The first-order valence-corrected chi connectivity index (χ1v) is 7.59. The highest BCUT2D eigenvalue weighted by Gasteiger charge is 2.10. The summed E-state index contributed by atoms with van der Waals surface area (Å²) in [6, 6.07) is 7.22. The third-order valence-corrected chi connectivity index (χ3v) is 4.50. The molecule has 0 fully saturated rings. The minimum absolute atomic E-state index is 0.168. The first-order chi connectivity index (χ1) is 8.56. The smallest absolute Gasteiger partial charge is 0.253 e. The topological polar surface area (TPSA) is 55.1 Å². The summed E-state index contributed by atoms with van der Waals surface area (Å²) in [5, 5.41) is 4.83. The predicted octanol–water partition coefficient (Wildman–Crippen LogP) is 3.79. The SMILES string of the molecule is Nc1ccc(Br)cc1C(=O)NCc1cc(Br)cs1. The summed E-state index contributed by atoms with van der Waals surface area (Å²) >= 11 is 8.29. The summed E-state index contributed by atoms with van der Waals surface area (Å²) in [6.07, 6.45) is 0. The number of thiophene rings is 1. The van der Waals surface area contributed by atoms with Crippen LogP contribution in [0.15, 0.2) is 38.6 Å². The Balaban J connectivity index is 2.05. The van der Waals surface area contributed by atoms with Crippen molar-refractivity contribution in [3.05, 3.63) is 49.0 Å². The molecule has 94 valence electrons. The van der Waals surface area contributed by atoms with E-state index in [1.165, 1.54) is 0 Å². The fraction of sp³-hybridized carbons (Fsp3) is 0.0833. The minimum atomic E-state index is -0.168. The summed E-state index contributed by atoms with van der Waals surface area (Å²) in [4.78, 5) is 13.1. The van der Waals surface area contributed by atoms with Gasteiger partial charge in [0, 0.05) is 24.9 Å². The lowest BCUT2D eigenvalue weighted by molar-refractivity contribution is 0.0952. The molecule has 0 radical (unpaired) electrons. The van der Waals surface area contributed by atoms with E-state index >= 15 is 0 Å². The number of amides is 1. The van der Waals surface area contributed by atoms with Gasteiger partial charge in [0.05, 0.1) is 12.1 Å². The Bertz CT molecular complexity index is 583. The summed E-state index contributed by atoms with van der Waals surface area (Å²) in [7, 11) is 0. The van der Waals surface area contributed by atoms with E-state index in [1.54, 1.807) is 23.5 Å². The van der Waals surface area contributed by atoms with Gasteiger partial charge in [0.2, 0.25) is 0 Å². The van der Waals surface area contributed by atoms with E-state index in [-0.39, 0.29) is 5.91 Å².